The molecule has 1 aliphatic heterocycles. The molecule has 1 fully saturated rings. The van der Waals surface area contributed by atoms with Crippen molar-refractivity contribution in [2.75, 3.05) is 6.61 Å². The monoisotopic (exact) mass is 144 g/mol. The van der Waals surface area contributed by atoms with Crippen molar-refractivity contribution in [2.45, 2.75) is 46.6 Å². The molecule has 0 N–H and O–H groups in total. The Morgan fingerprint density at radius 1 is 1.10 bits per heavy atom. The Balaban J connectivity index is 0.000000371. The first-order chi connectivity index (χ1) is 4.79. The zero-order chi connectivity index (χ0) is 7.98. The predicted octanol–water partition coefficient (Wildman–Crippen LogP) is 2.85. The Morgan fingerprint density at radius 3 is 2.00 bits per heavy atom. The molecule has 1 heterocycles. The van der Waals surface area contributed by atoms with Gasteiger partial charge in [0, 0.05) is 6.61 Å². The van der Waals surface area contributed by atoms with Gasteiger partial charge in [-0.25, -0.2) is 0 Å². The third kappa shape index (κ3) is 3.89. The lowest BCUT2D eigenvalue weighted by Crippen LogP contribution is -2.21. The quantitative estimate of drug-likeness (QED) is 0.508. The summed E-state index contributed by atoms with van der Waals surface area (Å²) in [6.07, 6.45) is 3.12. The van der Waals surface area contributed by atoms with Gasteiger partial charge in [0.1, 0.15) is 0 Å². The maximum atomic E-state index is 5.39. The fraction of sp³-hybridized carbons (Fsp3) is 1.00. The summed E-state index contributed by atoms with van der Waals surface area (Å²) in [4.78, 5) is 0. The van der Waals surface area contributed by atoms with Gasteiger partial charge < -0.3 is 4.74 Å². The minimum Gasteiger partial charge on any atom is -0.378 e. The van der Waals surface area contributed by atoms with Crippen molar-refractivity contribution in [3.63, 3.8) is 0 Å². The maximum Gasteiger partial charge on any atom is 0.0547 e. The van der Waals surface area contributed by atoms with Gasteiger partial charge >= 0.3 is 0 Å². The maximum absolute atomic E-state index is 5.39. The highest BCUT2D eigenvalue weighted by atomic mass is 16.5. The van der Waals surface area contributed by atoms with Crippen LogP contribution in [0.4, 0.5) is 0 Å². The van der Waals surface area contributed by atoms with Crippen molar-refractivity contribution in [3.8, 4) is 0 Å². The van der Waals surface area contributed by atoms with Gasteiger partial charge in [-0.2, -0.15) is 0 Å². The van der Waals surface area contributed by atoms with E-state index in [1.165, 1.54) is 12.8 Å². The Hall–Kier alpha value is -0.0400. The lowest BCUT2D eigenvalue weighted by atomic mass is 10.0. The van der Waals surface area contributed by atoms with Gasteiger partial charge in [0.25, 0.3) is 0 Å². The van der Waals surface area contributed by atoms with E-state index in [1.54, 1.807) is 0 Å². The first-order valence-electron chi connectivity index (χ1n) is 4.40. The van der Waals surface area contributed by atoms with Crippen molar-refractivity contribution in [2.24, 2.45) is 5.92 Å². The van der Waals surface area contributed by atoms with E-state index in [0.717, 1.165) is 12.5 Å². The molecule has 1 rings (SSSR count). The summed E-state index contributed by atoms with van der Waals surface area (Å²) in [6.45, 7) is 9.36. The third-order valence-corrected chi connectivity index (χ3v) is 1.73. The minimum absolute atomic E-state index is 0.520. The molecule has 2 atom stereocenters. The predicted molar refractivity (Wildman–Crippen MR) is 45.2 cm³/mol. The van der Waals surface area contributed by atoms with E-state index in [-0.39, 0.29) is 0 Å². The van der Waals surface area contributed by atoms with E-state index in [9.17, 15) is 0 Å². The number of hydrogen-bond acceptors (Lipinski definition) is 1. The minimum atomic E-state index is 0.520. The number of rotatable bonds is 0. The SMILES string of the molecule is CC.CC1CC[C@H](C)OC1. The van der Waals surface area contributed by atoms with Gasteiger partial charge in [0.2, 0.25) is 0 Å². The smallest absolute Gasteiger partial charge is 0.0547 e. The topological polar surface area (TPSA) is 9.23 Å². The van der Waals surface area contributed by atoms with Crippen molar-refractivity contribution < 1.29 is 4.74 Å². The number of ether oxygens (including phenoxy) is 1. The molecule has 62 valence electrons. The molecule has 0 bridgehead atoms. The van der Waals surface area contributed by atoms with Crippen LogP contribution in [0, 0.1) is 5.92 Å². The molecule has 0 aromatic carbocycles. The molecule has 1 heteroatoms. The lowest BCUT2D eigenvalue weighted by Gasteiger charge is -2.23. The average molecular weight is 144 g/mol. The first-order valence-corrected chi connectivity index (χ1v) is 4.40. The van der Waals surface area contributed by atoms with Crippen molar-refractivity contribution in [1.82, 2.24) is 0 Å². The van der Waals surface area contributed by atoms with Crippen LogP contribution >= 0.6 is 0 Å². The fourth-order valence-electron chi connectivity index (χ4n) is 1.01. The molecule has 1 unspecified atom stereocenters. The van der Waals surface area contributed by atoms with Crippen LogP contribution in [0.1, 0.15) is 40.5 Å². The summed E-state index contributed by atoms with van der Waals surface area (Å²) in [5.74, 6) is 0.797. The molecule has 0 aliphatic carbocycles. The molecule has 0 saturated carbocycles. The lowest BCUT2D eigenvalue weighted by molar-refractivity contribution is 0.000267. The van der Waals surface area contributed by atoms with Crippen LogP contribution in [-0.4, -0.2) is 12.7 Å². The molecule has 10 heavy (non-hydrogen) atoms. The molecule has 0 radical (unpaired) electrons. The summed E-state index contributed by atoms with van der Waals surface area (Å²) < 4.78 is 5.39. The summed E-state index contributed by atoms with van der Waals surface area (Å²) in [5.41, 5.74) is 0. The molecule has 1 saturated heterocycles. The van der Waals surface area contributed by atoms with Gasteiger partial charge in [-0.15, -0.1) is 0 Å². The summed E-state index contributed by atoms with van der Waals surface area (Å²) in [7, 11) is 0. The van der Waals surface area contributed by atoms with Crippen molar-refractivity contribution in [1.29, 1.82) is 0 Å². The summed E-state index contributed by atoms with van der Waals surface area (Å²) in [6, 6.07) is 0. The first kappa shape index (κ1) is 9.96. The van der Waals surface area contributed by atoms with E-state index in [2.05, 4.69) is 13.8 Å². The highest BCUT2D eigenvalue weighted by Gasteiger charge is 2.13. The summed E-state index contributed by atoms with van der Waals surface area (Å²) in [5, 5.41) is 0. The standard InChI is InChI=1S/C7H14O.C2H6/c1-6-3-4-7(2)8-5-6;1-2/h6-7H,3-5H2,1-2H3;1-2H3/t6?,7-;/m0./s1. The molecule has 0 aromatic rings. The zero-order valence-corrected chi connectivity index (χ0v) is 7.68. The Morgan fingerprint density at radius 2 is 1.70 bits per heavy atom. The fourth-order valence-corrected chi connectivity index (χ4v) is 1.01. The molecule has 0 aromatic heterocycles. The van der Waals surface area contributed by atoms with E-state index < -0.39 is 0 Å². The van der Waals surface area contributed by atoms with Gasteiger partial charge in [-0.1, -0.05) is 20.8 Å². The highest BCUT2D eigenvalue weighted by Crippen LogP contribution is 2.16. The molecule has 1 nitrogen and oxygen atoms in total. The van der Waals surface area contributed by atoms with Gasteiger partial charge in [-0.05, 0) is 25.7 Å². The van der Waals surface area contributed by atoms with Gasteiger partial charge in [-0.3, -0.25) is 0 Å². The largest absolute Gasteiger partial charge is 0.378 e. The van der Waals surface area contributed by atoms with Crippen molar-refractivity contribution in [3.05, 3.63) is 0 Å². The average Bonchev–Trinajstić information content (AvgIpc) is 2.00. The Labute approximate surface area is 64.8 Å². The van der Waals surface area contributed by atoms with Crippen LogP contribution in [0.3, 0.4) is 0 Å². The van der Waals surface area contributed by atoms with E-state index >= 15 is 0 Å². The van der Waals surface area contributed by atoms with Crippen LogP contribution in [0.2, 0.25) is 0 Å². The molecule has 1 aliphatic rings. The normalized spacial score (nSPS) is 32.4. The van der Waals surface area contributed by atoms with E-state index in [0.29, 0.717) is 6.10 Å². The van der Waals surface area contributed by atoms with Crippen LogP contribution in [0.5, 0.6) is 0 Å². The number of hydrogen-bond donors (Lipinski definition) is 0. The molecular weight excluding hydrogens is 124 g/mol. The third-order valence-electron chi connectivity index (χ3n) is 1.73. The van der Waals surface area contributed by atoms with Crippen LogP contribution in [0.15, 0.2) is 0 Å². The zero-order valence-electron chi connectivity index (χ0n) is 7.68. The van der Waals surface area contributed by atoms with E-state index in [4.69, 9.17) is 4.74 Å². The molecule has 0 amide bonds. The molecule has 0 spiro atoms. The van der Waals surface area contributed by atoms with Crippen molar-refractivity contribution >= 4 is 0 Å². The Kier molecular flexibility index (Phi) is 5.70. The second kappa shape index (κ2) is 5.72. The van der Waals surface area contributed by atoms with Crippen LogP contribution in [0.25, 0.3) is 0 Å². The highest BCUT2D eigenvalue weighted by molar-refractivity contribution is 4.62. The van der Waals surface area contributed by atoms with Gasteiger partial charge in [0.05, 0.1) is 6.10 Å². The van der Waals surface area contributed by atoms with Gasteiger partial charge in [0.15, 0.2) is 0 Å². The van der Waals surface area contributed by atoms with Crippen LogP contribution < -0.4 is 0 Å². The Bertz CT molecular complexity index is 53.1. The second-order valence-corrected chi connectivity index (χ2v) is 2.83. The van der Waals surface area contributed by atoms with Crippen LogP contribution in [-0.2, 0) is 4.74 Å². The second-order valence-electron chi connectivity index (χ2n) is 2.83. The van der Waals surface area contributed by atoms with E-state index in [1.807, 2.05) is 13.8 Å². The summed E-state index contributed by atoms with van der Waals surface area (Å²) >= 11 is 0. The molecular formula is C9H20O.